The highest BCUT2D eigenvalue weighted by atomic mass is 32.1. The Hall–Kier alpha value is -3.52. The largest absolute Gasteiger partial charge is 0.352 e. The molecule has 2 N–H and O–H groups in total. The zero-order chi connectivity index (χ0) is 21.1. The summed E-state index contributed by atoms with van der Waals surface area (Å²) in [5.41, 5.74) is 3.10. The molecule has 30 heavy (non-hydrogen) atoms. The first-order valence-electron chi connectivity index (χ1n) is 9.60. The van der Waals surface area contributed by atoms with Crippen LogP contribution in [0.1, 0.15) is 38.2 Å². The maximum absolute atomic E-state index is 13.0. The van der Waals surface area contributed by atoms with Gasteiger partial charge in [0.1, 0.15) is 0 Å². The van der Waals surface area contributed by atoms with Crippen LogP contribution in [0, 0.1) is 6.92 Å². The Kier molecular flexibility index (Phi) is 5.58. The summed E-state index contributed by atoms with van der Waals surface area (Å²) in [6, 6.07) is 12.6. The van der Waals surface area contributed by atoms with Crippen LogP contribution >= 0.6 is 11.3 Å². The molecule has 0 unspecified atom stereocenters. The molecule has 0 aliphatic carbocycles. The number of pyridine rings is 1. The van der Waals surface area contributed by atoms with Crippen molar-refractivity contribution in [3.8, 4) is 0 Å². The molecule has 2 amide bonds. The number of hydrogen-bond donors (Lipinski definition) is 2. The second-order valence-corrected chi connectivity index (χ2v) is 7.85. The van der Waals surface area contributed by atoms with Gasteiger partial charge in [-0.25, -0.2) is 9.67 Å². The Balaban J connectivity index is 1.59. The standard InChI is InChI=1S/C22H21N5O2S/c1-3-23-21(28)15-6-8-16(9-7-15)26-22(29)18-11-14(2)25-20-19(18)12-24-27(20)13-17-5-4-10-30-17/h4-12H,3,13H2,1-2H3,(H,23,28)(H,26,29). The normalized spacial score (nSPS) is 10.9. The molecule has 0 aliphatic rings. The van der Waals surface area contributed by atoms with Gasteiger partial charge in [-0.3, -0.25) is 9.59 Å². The first kappa shape index (κ1) is 19.8. The fourth-order valence-corrected chi connectivity index (χ4v) is 3.88. The average Bonchev–Trinajstić information content (AvgIpc) is 3.39. The van der Waals surface area contributed by atoms with Crippen molar-refractivity contribution in [3.63, 3.8) is 0 Å². The zero-order valence-corrected chi connectivity index (χ0v) is 17.5. The van der Waals surface area contributed by atoms with Crippen LogP contribution < -0.4 is 10.6 Å². The molecule has 0 spiro atoms. The van der Waals surface area contributed by atoms with Crippen molar-refractivity contribution in [2.75, 3.05) is 11.9 Å². The van der Waals surface area contributed by atoms with Crippen molar-refractivity contribution >= 4 is 39.9 Å². The number of anilines is 1. The number of carbonyl (C=O) groups is 2. The molecule has 3 heterocycles. The molecule has 0 radical (unpaired) electrons. The first-order valence-corrected chi connectivity index (χ1v) is 10.5. The van der Waals surface area contributed by atoms with Gasteiger partial charge >= 0.3 is 0 Å². The third-order valence-electron chi connectivity index (χ3n) is 4.61. The molecular weight excluding hydrogens is 398 g/mol. The highest BCUT2D eigenvalue weighted by Gasteiger charge is 2.16. The van der Waals surface area contributed by atoms with Crippen LogP contribution in [0.5, 0.6) is 0 Å². The van der Waals surface area contributed by atoms with Gasteiger partial charge < -0.3 is 10.6 Å². The van der Waals surface area contributed by atoms with E-state index >= 15 is 0 Å². The maximum atomic E-state index is 13.0. The predicted molar refractivity (Wildman–Crippen MR) is 118 cm³/mol. The minimum atomic E-state index is -0.244. The molecule has 0 atom stereocenters. The van der Waals surface area contributed by atoms with Crippen LogP contribution in [0.2, 0.25) is 0 Å². The lowest BCUT2D eigenvalue weighted by atomic mass is 10.1. The first-order chi connectivity index (χ1) is 14.5. The van der Waals surface area contributed by atoms with Crippen molar-refractivity contribution in [2.24, 2.45) is 0 Å². The van der Waals surface area contributed by atoms with Crippen molar-refractivity contribution in [1.82, 2.24) is 20.1 Å². The van der Waals surface area contributed by atoms with Gasteiger partial charge in [0, 0.05) is 28.4 Å². The molecule has 0 aliphatic heterocycles. The summed E-state index contributed by atoms with van der Waals surface area (Å²) in [5, 5.41) is 12.8. The lowest BCUT2D eigenvalue weighted by Gasteiger charge is -2.09. The molecule has 8 heteroatoms. The molecule has 1 aromatic carbocycles. The number of benzene rings is 1. The van der Waals surface area contributed by atoms with Crippen molar-refractivity contribution in [1.29, 1.82) is 0 Å². The monoisotopic (exact) mass is 419 g/mol. The quantitative estimate of drug-likeness (QED) is 0.497. The summed E-state index contributed by atoms with van der Waals surface area (Å²) in [6.45, 7) is 4.90. The average molecular weight is 420 g/mol. The van der Waals surface area contributed by atoms with Gasteiger partial charge in [0.25, 0.3) is 11.8 Å². The van der Waals surface area contributed by atoms with E-state index in [-0.39, 0.29) is 11.8 Å². The number of nitrogens with zero attached hydrogens (tertiary/aromatic N) is 3. The third-order valence-corrected chi connectivity index (χ3v) is 5.47. The number of carbonyl (C=O) groups excluding carboxylic acids is 2. The third kappa shape index (κ3) is 4.08. The molecule has 0 saturated carbocycles. The summed E-state index contributed by atoms with van der Waals surface area (Å²) >= 11 is 1.66. The lowest BCUT2D eigenvalue weighted by molar-refractivity contribution is 0.0955. The molecule has 0 fully saturated rings. The van der Waals surface area contributed by atoms with Gasteiger partial charge in [-0.15, -0.1) is 11.3 Å². The van der Waals surface area contributed by atoms with E-state index < -0.39 is 0 Å². The number of thiophene rings is 1. The van der Waals surface area contributed by atoms with Crippen molar-refractivity contribution in [2.45, 2.75) is 20.4 Å². The minimum Gasteiger partial charge on any atom is -0.352 e. The summed E-state index contributed by atoms with van der Waals surface area (Å²) in [4.78, 5) is 30.6. The van der Waals surface area contributed by atoms with Crippen molar-refractivity contribution in [3.05, 3.63) is 75.7 Å². The number of nitrogens with one attached hydrogen (secondary N) is 2. The van der Waals surface area contributed by atoms with Gasteiger partial charge in [-0.2, -0.15) is 5.10 Å². The van der Waals surface area contributed by atoms with Crippen LogP contribution in [0.25, 0.3) is 11.0 Å². The van der Waals surface area contributed by atoms with Crippen LogP contribution in [0.15, 0.2) is 54.0 Å². The molecule has 152 valence electrons. The number of hydrogen-bond acceptors (Lipinski definition) is 5. The number of aryl methyl sites for hydroxylation is 1. The number of fused-ring (bicyclic) bond motifs is 1. The second-order valence-electron chi connectivity index (χ2n) is 6.82. The summed E-state index contributed by atoms with van der Waals surface area (Å²) in [6.07, 6.45) is 1.68. The van der Waals surface area contributed by atoms with Crippen LogP contribution in [-0.2, 0) is 6.54 Å². The van der Waals surface area contributed by atoms with E-state index in [0.29, 0.717) is 40.9 Å². The molecular formula is C22H21N5O2S. The predicted octanol–water partition coefficient (Wildman–Crippen LogP) is 3.85. The minimum absolute atomic E-state index is 0.139. The zero-order valence-electron chi connectivity index (χ0n) is 16.7. The molecule has 7 nitrogen and oxygen atoms in total. The van der Waals surface area contributed by atoms with Gasteiger partial charge in [0.15, 0.2) is 5.65 Å². The fraction of sp³-hybridized carbons (Fsp3) is 0.182. The molecule has 4 aromatic rings. The number of rotatable bonds is 6. The van der Waals surface area contributed by atoms with E-state index in [9.17, 15) is 9.59 Å². The van der Waals surface area contributed by atoms with Gasteiger partial charge in [0.05, 0.1) is 23.7 Å². The van der Waals surface area contributed by atoms with E-state index in [2.05, 4.69) is 20.7 Å². The van der Waals surface area contributed by atoms with Crippen LogP contribution in [0.4, 0.5) is 5.69 Å². The highest BCUT2D eigenvalue weighted by Crippen LogP contribution is 2.22. The Labute approximate surface area is 177 Å². The van der Waals surface area contributed by atoms with Crippen molar-refractivity contribution < 1.29 is 9.59 Å². The maximum Gasteiger partial charge on any atom is 0.256 e. The number of amides is 2. The van der Waals surface area contributed by atoms with E-state index in [1.165, 1.54) is 4.88 Å². The van der Waals surface area contributed by atoms with Gasteiger partial charge in [0.2, 0.25) is 0 Å². The van der Waals surface area contributed by atoms with Gasteiger partial charge in [-0.1, -0.05) is 6.07 Å². The smallest absolute Gasteiger partial charge is 0.256 e. The van der Waals surface area contributed by atoms with Crippen LogP contribution in [0.3, 0.4) is 0 Å². The molecule has 3 aromatic heterocycles. The molecule has 0 saturated heterocycles. The van der Waals surface area contributed by atoms with E-state index in [1.54, 1.807) is 47.9 Å². The summed E-state index contributed by atoms with van der Waals surface area (Å²) in [5.74, 6) is -0.382. The lowest BCUT2D eigenvalue weighted by Crippen LogP contribution is -2.22. The molecule has 4 rings (SSSR count). The fourth-order valence-electron chi connectivity index (χ4n) is 3.19. The Morgan fingerprint density at radius 2 is 1.93 bits per heavy atom. The second kappa shape index (κ2) is 8.46. The highest BCUT2D eigenvalue weighted by molar-refractivity contribution is 7.09. The van der Waals surface area contributed by atoms with E-state index in [0.717, 1.165) is 5.69 Å². The van der Waals surface area contributed by atoms with E-state index in [1.807, 2.05) is 36.0 Å². The summed E-state index contributed by atoms with van der Waals surface area (Å²) in [7, 11) is 0. The number of aromatic nitrogens is 3. The molecule has 0 bridgehead atoms. The van der Waals surface area contributed by atoms with Gasteiger partial charge in [-0.05, 0) is 55.6 Å². The summed E-state index contributed by atoms with van der Waals surface area (Å²) < 4.78 is 1.81. The van der Waals surface area contributed by atoms with Crippen LogP contribution in [-0.4, -0.2) is 33.1 Å². The Morgan fingerprint density at radius 3 is 2.63 bits per heavy atom. The van der Waals surface area contributed by atoms with E-state index in [4.69, 9.17) is 0 Å². The Bertz CT molecular complexity index is 1200. The SMILES string of the molecule is CCNC(=O)c1ccc(NC(=O)c2cc(C)nc3c2cnn3Cc2cccs2)cc1. The Morgan fingerprint density at radius 1 is 1.13 bits per heavy atom. The topological polar surface area (TPSA) is 88.9 Å².